The zero-order valence-corrected chi connectivity index (χ0v) is 7.74. The Morgan fingerprint density at radius 1 is 1.33 bits per heavy atom. The number of rotatable bonds is 3. The summed E-state index contributed by atoms with van der Waals surface area (Å²) < 4.78 is 1.62. The number of hydrogen-bond donors (Lipinski definition) is 1. The van der Waals surface area contributed by atoms with Crippen LogP contribution in [0.3, 0.4) is 0 Å². The Labute approximate surface area is 85.3 Å². The van der Waals surface area contributed by atoms with Crippen molar-refractivity contribution in [2.45, 2.75) is 6.54 Å². The van der Waals surface area contributed by atoms with Gasteiger partial charge in [0.25, 0.3) is 0 Å². The van der Waals surface area contributed by atoms with Gasteiger partial charge < -0.3 is 9.67 Å². The summed E-state index contributed by atoms with van der Waals surface area (Å²) in [6.07, 6.45) is 6.16. The van der Waals surface area contributed by atoms with Crippen LogP contribution < -0.4 is 0 Å². The highest BCUT2D eigenvalue weighted by Gasteiger charge is 2.06. The van der Waals surface area contributed by atoms with Gasteiger partial charge in [-0.1, -0.05) is 0 Å². The van der Waals surface area contributed by atoms with Crippen LogP contribution in [0, 0.1) is 0 Å². The maximum Gasteiger partial charge on any atom is 0.356 e. The average molecular weight is 204 g/mol. The lowest BCUT2D eigenvalue weighted by molar-refractivity contribution is 0.0691. The summed E-state index contributed by atoms with van der Waals surface area (Å²) in [5.74, 6) is -0.422. The van der Waals surface area contributed by atoms with E-state index >= 15 is 0 Å². The monoisotopic (exact) mass is 204 g/mol. The Morgan fingerprint density at radius 2 is 2.07 bits per heavy atom. The first-order valence-corrected chi connectivity index (χ1v) is 4.26. The lowest BCUT2D eigenvalue weighted by Crippen LogP contribution is -2.01. The molecule has 0 bridgehead atoms. The minimum atomic E-state index is -1.04. The SMILES string of the molecule is O=C(O)c1cn(Cc2ncccn2)cn1. The zero-order valence-electron chi connectivity index (χ0n) is 7.74. The number of carbonyl (C=O) groups is 1. The molecule has 2 heterocycles. The van der Waals surface area contributed by atoms with Gasteiger partial charge in [0.2, 0.25) is 0 Å². The van der Waals surface area contributed by atoms with Gasteiger partial charge in [-0.2, -0.15) is 0 Å². The van der Waals surface area contributed by atoms with Gasteiger partial charge >= 0.3 is 5.97 Å². The normalized spacial score (nSPS) is 10.1. The number of aromatic carboxylic acids is 1. The Balaban J connectivity index is 2.15. The van der Waals surface area contributed by atoms with E-state index in [9.17, 15) is 4.79 Å². The highest BCUT2D eigenvalue weighted by molar-refractivity contribution is 5.84. The molecule has 76 valence electrons. The molecule has 0 saturated heterocycles. The molecule has 2 aromatic rings. The average Bonchev–Trinajstić information content (AvgIpc) is 2.68. The van der Waals surface area contributed by atoms with Crippen LogP contribution >= 0.6 is 0 Å². The standard InChI is InChI=1S/C9H8N4O2/c14-9(15)7-4-13(6-12-7)5-8-10-2-1-3-11-8/h1-4,6H,5H2,(H,14,15). The second kappa shape index (κ2) is 3.87. The topological polar surface area (TPSA) is 80.9 Å². The largest absolute Gasteiger partial charge is 0.476 e. The number of aromatic nitrogens is 4. The van der Waals surface area contributed by atoms with Gasteiger partial charge in [0, 0.05) is 18.6 Å². The van der Waals surface area contributed by atoms with Gasteiger partial charge in [-0.3, -0.25) is 0 Å². The summed E-state index contributed by atoms with van der Waals surface area (Å²) in [7, 11) is 0. The highest BCUT2D eigenvalue weighted by Crippen LogP contribution is 1.99. The first-order valence-electron chi connectivity index (χ1n) is 4.26. The predicted molar refractivity (Wildman–Crippen MR) is 50.3 cm³/mol. The van der Waals surface area contributed by atoms with E-state index in [4.69, 9.17) is 5.11 Å². The first kappa shape index (κ1) is 9.32. The van der Waals surface area contributed by atoms with Crippen molar-refractivity contribution in [1.29, 1.82) is 0 Å². The third-order valence-corrected chi connectivity index (χ3v) is 1.80. The van der Waals surface area contributed by atoms with Crippen molar-refractivity contribution >= 4 is 5.97 Å². The molecule has 0 amide bonds. The number of carboxylic acids is 1. The molecular weight excluding hydrogens is 196 g/mol. The molecule has 0 atom stereocenters. The Hall–Kier alpha value is -2.24. The second-order valence-electron chi connectivity index (χ2n) is 2.90. The van der Waals surface area contributed by atoms with E-state index in [-0.39, 0.29) is 5.69 Å². The zero-order chi connectivity index (χ0) is 10.7. The maximum absolute atomic E-state index is 10.6. The smallest absolute Gasteiger partial charge is 0.356 e. The molecule has 2 aromatic heterocycles. The molecule has 0 aliphatic rings. The van der Waals surface area contributed by atoms with Gasteiger partial charge in [-0.05, 0) is 6.07 Å². The van der Waals surface area contributed by atoms with Gasteiger partial charge in [-0.15, -0.1) is 0 Å². The number of imidazole rings is 1. The molecule has 0 fully saturated rings. The predicted octanol–water partition coefficient (Wildman–Crippen LogP) is 0.420. The molecular formula is C9H8N4O2. The Morgan fingerprint density at radius 3 is 2.67 bits per heavy atom. The molecule has 0 unspecified atom stereocenters. The molecule has 2 rings (SSSR count). The molecule has 0 saturated carbocycles. The molecule has 0 radical (unpaired) electrons. The summed E-state index contributed by atoms with van der Waals surface area (Å²) >= 11 is 0. The lowest BCUT2D eigenvalue weighted by atomic mass is 10.5. The van der Waals surface area contributed by atoms with Crippen molar-refractivity contribution in [2.24, 2.45) is 0 Å². The molecule has 0 spiro atoms. The van der Waals surface area contributed by atoms with E-state index in [0.29, 0.717) is 12.4 Å². The van der Waals surface area contributed by atoms with Crippen LogP contribution in [0.2, 0.25) is 0 Å². The van der Waals surface area contributed by atoms with Crippen molar-refractivity contribution in [3.63, 3.8) is 0 Å². The summed E-state index contributed by atoms with van der Waals surface area (Å²) in [6.45, 7) is 0.418. The molecule has 6 heteroatoms. The minimum absolute atomic E-state index is 0.0194. The fourth-order valence-electron chi connectivity index (χ4n) is 1.13. The highest BCUT2D eigenvalue weighted by atomic mass is 16.4. The van der Waals surface area contributed by atoms with Crippen molar-refractivity contribution in [2.75, 3.05) is 0 Å². The number of hydrogen-bond acceptors (Lipinski definition) is 4. The maximum atomic E-state index is 10.6. The van der Waals surface area contributed by atoms with Gasteiger partial charge in [0.05, 0.1) is 12.9 Å². The summed E-state index contributed by atoms with van der Waals surface area (Å²) in [5.41, 5.74) is 0.0194. The molecule has 15 heavy (non-hydrogen) atoms. The van der Waals surface area contributed by atoms with E-state index in [1.165, 1.54) is 12.5 Å². The molecule has 0 aliphatic heterocycles. The van der Waals surface area contributed by atoms with E-state index in [1.807, 2.05) is 0 Å². The van der Waals surface area contributed by atoms with Crippen LogP contribution in [0.25, 0.3) is 0 Å². The van der Waals surface area contributed by atoms with Crippen LogP contribution in [0.4, 0.5) is 0 Å². The van der Waals surface area contributed by atoms with Crippen LogP contribution in [0.1, 0.15) is 16.3 Å². The van der Waals surface area contributed by atoms with E-state index in [1.54, 1.807) is 23.0 Å². The van der Waals surface area contributed by atoms with Crippen molar-refractivity contribution < 1.29 is 9.90 Å². The fourth-order valence-corrected chi connectivity index (χ4v) is 1.13. The minimum Gasteiger partial charge on any atom is -0.476 e. The van der Waals surface area contributed by atoms with E-state index in [2.05, 4.69) is 15.0 Å². The van der Waals surface area contributed by atoms with Crippen LogP contribution in [-0.4, -0.2) is 30.6 Å². The van der Waals surface area contributed by atoms with Gasteiger partial charge in [0.15, 0.2) is 5.69 Å². The molecule has 1 N–H and O–H groups in total. The van der Waals surface area contributed by atoms with Crippen LogP contribution in [-0.2, 0) is 6.54 Å². The quantitative estimate of drug-likeness (QED) is 0.783. The van der Waals surface area contributed by atoms with Crippen LogP contribution in [0.5, 0.6) is 0 Å². The Kier molecular flexibility index (Phi) is 2.40. The number of carboxylic acid groups (broad SMARTS) is 1. The van der Waals surface area contributed by atoms with Gasteiger partial charge in [0.1, 0.15) is 5.82 Å². The summed E-state index contributed by atoms with van der Waals surface area (Å²) in [5, 5.41) is 8.66. The van der Waals surface area contributed by atoms with Crippen molar-refractivity contribution in [3.05, 3.63) is 42.5 Å². The molecule has 6 nitrogen and oxygen atoms in total. The first-order chi connectivity index (χ1) is 7.25. The molecule has 0 aliphatic carbocycles. The third kappa shape index (κ3) is 2.16. The summed E-state index contributed by atoms with van der Waals surface area (Å²) in [4.78, 5) is 22.3. The fraction of sp³-hybridized carbons (Fsp3) is 0.111. The Bertz CT molecular complexity index is 466. The van der Waals surface area contributed by atoms with E-state index < -0.39 is 5.97 Å². The van der Waals surface area contributed by atoms with Crippen molar-refractivity contribution in [1.82, 2.24) is 19.5 Å². The lowest BCUT2D eigenvalue weighted by Gasteiger charge is -1.98. The van der Waals surface area contributed by atoms with Crippen LogP contribution in [0.15, 0.2) is 31.0 Å². The van der Waals surface area contributed by atoms with E-state index in [0.717, 1.165) is 0 Å². The number of nitrogens with zero attached hydrogens (tertiary/aromatic N) is 4. The summed E-state index contributed by atoms with van der Waals surface area (Å²) in [6, 6.07) is 1.72. The van der Waals surface area contributed by atoms with Gasteiger partial charge in [-0.25, -0.2) is 19.7 Å². The van der Waals surface area contributed by atoms with Crippen molar-refractivity contribution in [3.8, 4) is 0 Å². The molecule has 0 aromatic carbocycles. The second-order valence-corrected chi connectivity index (χ2v) is 2.90. The third-order valence-electron chi connectivity index (χ3n) is 1.80.